The van der Waals surface area contributed by atoms with Crippen molar-refractivity contribution in [3.8, 4) is 17.2 Å². The summed E-state index contributed by atoms with van der Waals surface area (Å²) in [4.78, 5) is 12.7. The van der Waals surface area contributed by atoms with Crippen LogP contribution in [0.4, 0.5) is 5.13 Å². The average Bonchev–Trinajstić information content (AvgIpc) is 3.10. The van der Waals surface area contributed by atoms with Gasteiger partial charge in [-0.25, -0.2) is 0 Å². The highest BCUT2D eigenvalue weighted by Gasteiger charge is 2.19. The maximum absolute atomic E-state index is 12.7. The maximum atomic E-state index is 12.7. The molecule has 148 valence electrons. The molecule has 0 aliphatic heterocycles. The Bertz CT molecular complexity index is 727. The van der Waals surface area contributed by atoms with Crippen LogP contribution < -0.4 is 19.5 Å². The summed E-state index contributed by atoms with van der Waals surface area (Å²) in [5, 5.41) is 12.1. The minimum absolute atomic E-state index is 0.319. The topological polar surface area (TPSA) is 82.6 Å². The Balaban J connectivity index is 2.24. The molecule has 0 saturated heterocycles. The van der Waals surface area contributed by atoms with Crippen LogP contribution in [0.1, 0.15) is 42.6 Å². The zero-order chi connectivity index (χ0) is 19.6. The van der Waals surface area contributed by atoms with E-state index in [2.05, 4.69) is 15.5 Å². The first-order valence-electron chi connectivity index (χ1n) is 8.88. The van der Waals surface area contributed by atoms with E-state index in [4.69, 9.17) is 25.8 Å². The van der Waals surface area contributed by atoms with E-state index >= 15 is 0 Å². The molecule has 1 heterocycles. The van der Waals surface area contributed by atoms with E-state index in [1.54, 1.807) is 12.1 Å². The van der Waals surface area contributed by atoms with E-state index < -0.39 is 0 Å². The Morgan fingerprint density at radius 3 is 2.26 bits per heavy atom. The van der Waals surface area contributed by atoms with Gasteiger partial charge in [-0.1, -0.05) is 11.3 Å². The number of hydrogen-bond acceptors (Lipinski definition) is 7. The zero-order valence-corrected chi connectivity index (χ0v) is 17.3. The molecule has 0 unspecified atom stereocenters. The van der Waals surface area contributed by atoms with Crippen molar-refractivity contribution < 1.29 is 19.0 Å². The number of anilines is 1. The Morgan fingerprint density at radius 2 is 1.70 bits per heavy atom. The van der Waals surface area contributed by atoms with Crippen LogP contribution in [-0.4, -0.2) is 41.8 Å². The number of carbonyl (C=O) groups is 1. The number of nitrogens with zero attached hydrogens (tertiary/aromatic N) is 2. The van der Waals surface area contributed by atoms with Gasteiger partial charge in [0.05, 0.1) is 19.8 Å². The molecular weight excluding hydrogens is 390 g/mol. The summed E-state index contributed by atoms with van der Waals surface area (Å²) in [6.07, 6.45) is 1.56. The number of halogens is 1. The summed E-state index contributed by atoms with van der Waals surface area (Å²) in [7, 11) is 0. The normalized spacial score (nSPS) is 10.5. The number of rotatable bonds is 11. The fourth-order valence-corrected chi connectivity index (χ4v) is 3.22. The Hall–Kier alpha value is -2.06. The summed E-state index contributed by atoms with van der Waals surface area (Å²) < 4.78 is 16.9. The molecule has 2 rings (SSSR count). The smallest absolute Gasteiger partial charge is 0.257 e. The molecule has 27 heavy (non-hydrogen) atoms. The van der Waals surface area contributed by atoms with Gasteiger partial charge < -0.3 is 14.2 Å². The van der Waals surface area contributed by atoms with E-state index in [0.29, 0.717) is 53.6 Å². The molecule has 1 aromatic heterocycles. The zero-order valence-electron chi connectivity index (χ0n) is 15.7. The molecule has 1 amide bonds. The third kappa shape index (κ3) is 5.97. The Kier molecular flexibility index (Phi) is 8.60. The van der Waals surface area contributed by atoms with E-state index in [9.17, 15) is 4.79 Å². The number of aryl methyl sites for hydroxylation is 1. The van der Waals surface area contributed by atoms with Crippen LogP contribution in [0.5, 0.6) is 17.2 Å². The van der Waals surface area contributed by atoms with Crippen molar-refractivity contribution in [2.45, 2.75) is 33.6 Å². The number of ether oxygens (including phenoxy) is 3. The number of hydrogen-bond donors (Lipinski definition) is 1. The Labute approximate surface area is 168 Å². The van der Waals surface area contributed by atoms with Crippen LogP contribution in [0.2, 0.25) is 0 Å². The lowest BCUT2D eigenvalue weighted by Gasteiger charge is -2.16. The second-order valence-corrected chi connectivity index (χ2v) is 6.79. The van der Waals surface area contributed by atoms with Gasteiger partial charge in [-0.2, -0.15) is 0 Å². The van der Waals surface area contributed by atoms with Crippen LogP contribution in [-0.2, 0) is 6.42 Å². The van der Waals surface area contributed by atoms with E-state index in [-0.39, 0.29) is 5.91 Å². The maximum Gasteiger partial charge on any atom is 0.257 e. The third-order valence-corrected chi connectivity index (χ3v) is 4.55. The highest BCUT2D eigenvalue weighted by Crippen LogP contribution is 2.39. The van der Waals surface area contributed by atoms with Gasteiger partial charge in [0.1, 0.15) is 5.01 Å². The molecule has 1 N–H and O–H groups in total. The number of carbonyl (C=O) groups excluding carboxylic acids is 1. The van der Waals surface area contributed by atoms with Gasteiger partial charge in [-0.15, -0.1) is 21.8 Å². The lowest BCUT2D eigenvalue weighted by molar-refractivity contribution is 0.102. The largest absolute Gasteiger partial charge is 0.490 e. The van der Waals surface area contributed by atoms with Crippen LogP contribution in [0, 0.1) is 0 Å². The molecule has 2 aromatic rings. The standard InChI is InChI=1S/C18H24ClN3O4S/c1-4-24-13-10-12(11-14(25-5-2)16(13)26-6-3)17(23)20-18-22-21-15(27-18)8-7-9-19/h10-11H,4-9H2,1-3H3,(H,20,22,23). The van der Waals surface area contributed by atoms with Crippen molar-refractivity contribution in [1.82, 2.24) is 10.2 Å². The van der Waals surface area contributed by atoms with E-state index in [1.807, 2.05) is 20.8 Å². The molecule has 0 saturated carbocycles. The van der Waals surface area contributed by atoms with E-state index in [0.717, 1.165) is 17.8 Å². The van der Waals surface area contributed by atoms with E-state index in [1.165, 1.54) is 11.3 Å². The second-order valence-electron chi connectivity index (χ2n) is 5.35. The second kappa shape index (κ2) is 10.9. The number of nitrogens with one attached hydrogen (secondary N) is 1. The molecule has 7 nitrogen and oxygen atoms in total. The lowest BCUT2D eigenvalue weighted by Crippen LogP contribution is -2.13. The predicted molar refractivity (Wildman–Crippen MR) is 107 cm³/mol. The first-order chi connectivity index (χ1) is 13.1. The average molecular weight is 414 g/mol. The molecule has 0 fully saturated rings. The van der Waals surface area contributed by atoms with Crippen molar-refractivity contribution >= 4 is 34.0 Å². The van der Waals surface area contributed by atoms with Crippen molar-refractivity contribution in [2.75, 3.05) is 31.0 Å². The van der Waals surface area contributed by atoms with Gasteiger partial charge in [0.25, 0.3) is 5.91 Å². The predicted octanol–water partition coefficient (Wildman–Crippen LogP) is 4.16. The van der Waals surface area contributed by atoms with Crippen LogP contribution in [0.3, 0.4) is 0 Å². The summed E-state index contributed by atoms with van der Waals surface area (Å²) in [5.41, 5.74) is 0.392. The molecule has 0 aliphatic rings. The van der Waals surface area contributed by atoms with Crippen LogP contribution in [0.15, 0.2) is 12.1 Å². The number of amides is 1. The molecule has 0 aliphatic carbocycles. The fourth-order valence-electron chi connectivity index (χ4n) is 2.31. The fraction of sp³-hybridized carbons (Fsp3) is 0.500. The molecule has 0 spiro atoms. The summed E-state index contributed by atoms with van der Waals surface area (Å²) in [6.45, 7) is 6.96. The minimum atomic E-state index is -0.319. The van der Waals surface area contributed by atoms with Gasteiger partial charge in [0.15, 0.2) is 11.5 Å². The molecule has 1 aromatic carbocycles. The van der Waals surface area contributed by atoms with Gasteiger partial charge in [0.2, 0.25) is 10.9 Å². The highest BCUT2D eigenvalue weighted by molar-refractivity contribution is 7.15. The number of alkyl halides is 1. The lowest BCUT2D eigenvalue weighted by atomic mass is 10.1. The SMILES string of the molecule is CCOc1cc(C(=O)Nc2nnc(CCCCl)s2)cc(OCC)c1OCC. The highest BCUT2D eigenvalue weighted by atomic mass is 35.5. The summed E-state index contributed by atoms with van der Waals surface area (Å²) >= 11 is 7.03. The summed E-state index contributed by atoms with van der Waals surface area (Å²) in [5.74, 6) is 1.68. The molecule has 0 radical (unpaired) electrons. The van der Waals surface area contributed by atoms with Crippen LogP contribution >= 0.6 is 22.9 Å². The molecule has 0 bridgehead atoms. The first kappa shape index (κ1) is 21.2. The quantitative estimate of drug-likeness (QED) is 0.557. The summed E-state index contributed by atoms with van der Waals surface area (Å²) in [6, 6.07) is 3.28. The Morgan fingerprint density at radius 1 is 1.07 bits per heavy atom. The number of benzene rings is 1. The van der Waals surface area contributed by atoms with Gasteiger partial charge in [-0.05, 0) is 39.3 Å². The van der Waals surface area contributed by atoms with Gasteiger partial charge in [0, 0.05) is 17.9 Å². The van der Waals surface area contributed by atoms with Crippen LogP contribution in [0.25, 0.3) is 0 Å². The first-order valence-corrected chi connectivity index (χ1v) is 10.2. The number of aromatic nitrogens is 2. The molecule has 9 heteroatoms. The van der Waals surface area contributed by atoms with Crippen molar-refractivity contribution in [2.24, 2.45) is 0 Å². The van der Waals surface area contributed by atoms with Gasteiger partial charge in [-0.3, -0.25) is 10.1 Å². The molecule has 0 atom stereocenters. The van der Waals surface area contributed by atoms with Crippen molar-refractivity contribution in [1.29, 1.82) is 0 Å². The monoisotopic (exact) mass is 413 g/mol. The minimum Gasteiger partial charge on any atom is -0.490 e. The van der Waals surface area contributed by atoms with Crippen molar-refractivity contribution in [3.63, 3.8) is 0 Å². The third-order valence-electron chi connectivity index (χ3n) is 3.38. The molecular formula is C18H24ClN3O4S. The van der Waals surface area contributed by atoms with Crippen molar-refractivity contribution in [3.05, 3.63) is 22.7 Å². The van der Waals surface area contributed by atoms with Gasteiger partial charge >= 0.3 is 0 Å².